The van der Waals surface area contributed by atoms with Crippen LogP contribution in [0.5, 0.6) is 0 Å². The number of rotatable bonds is 5. The molecule has 1 amide bonds. The third-order valence-electron chi connectivity index (χ3n) is 2.98. The highest BCUT2D eigenvalue weighted by molar-refractivity contribution is 8.26. The van der Waals surface area contributed by atoms with Crippen molar-refractivity contribution in [1.29, 1.82) is 0 Å². The zero-order chi connectivity index (χ0) is 17.1. The standard InChI is InChI=1S/C14H10ClNO5S2/c15-8-4-2-1-3-7(8)5-10-12(19)16(14(22)23-10)9(13(20)21)6-11(17)18/h1-5,9H,6H2,(H,17,18)(H,20,21)/b10-5-/t9-/m0/s1. The van der Waals surface area contributed by atoms with Crippen molar-refractivity contribution < 1.29 is 24.6 Å². The number of hydrogen-bond acceptors (Lipinski definition) is 5. The zero-order valence-corrected chi connectivity index (χ0v) is 13.8. The van der Waals surface area contributed by atoms with Crippen LogP contribution < -0.4 is 0 Å². The molecule has 0 aromatic heterocycles. The highest BCUT2D eigenvalue weighted by Crippen LogP contribution is 2.35. The molecule has 0 radical (unpaired) electrons. The van der Waals surface area contributed by atoms with E-state index in [9.17, 15) is 19.5 Å². The van der Waals surface area contributed by atoms with Crippen molar-refractivity contribution in [1.82, 2.24) is 4.90 Å². The van der Waals surface area contributed by atoms with Crippen LogP contribution in [0.4, 0.5) is 0 Å². The number of thioether (sulfide) groups is 1. The molecule has 0 aliphatic carbocycles. The molecular formula is C14H10ClNO5S2. The molecule has 1 fully saturated rings. The van der Waals surface area contributed by atoms with E-state index in [1.807, 2.05) is 0 Å². The van der Waals surface area contributed by atoms with E-state index >= 15 is 0 Å². The lowest BCUT2D eigenvalue weighted by molar-refractivity contribution is -0.150. The summed E-state index contributed by atoms with van der Waals surface area (Å²) in [6, 6.07) is 5.28. The smallest absolute Gasteiger partial charge is 0.327 e. The van der Waals surface area contributed by atoms with E-state index < -0.39 is 30.3 Å². The average molecular weight is 372 g/mol. The number of nitrogens with zero attached hydrogens (tertiary/aromatic N) is 1. The van der Waals surface area contributed by atoms with Crippen LogP contribution in [0.3, 0.4) is 0 Å². The molecule has 0 saturated carbocycles. The summed E-state index contributed by atoms with van der Waals surface area (Å²) >= 11 is 12.0. The summed E-state index contributed by atoms with van der Waals surface area (Å²) < 4.78 is 0.00181. The second-order valence-electron chi connectivity index (χ2n) is 4.53. The Labute approximate surface area is 145 Å². The highest BCUT2D eigenvalue weighted by Gasteiger charge is 2.41. The first-order valence-electron chi connectivity index (χ1n) is 6.27. The minimum Gasteiger partial charge on any atom is -0.481 e. The van der Waals surface area contributed by atoms with Gasteiger partial charge in [-0.15, -0.1) is 0 Å². The number of carbonyl (C=O) groups is 3. The van der Waals surface area contributed by atoms with Crippen molar-refractivity contribution in [3.63, 3.8) is 0 Å². The summed E-state index contributed by atoms with van der Waals surface area (Å²) in [7, 11) is 0. The molecule has 0 bridgehead atoms. The minimum atomic E-state index is -1.54. The van der Waals surface area contributed by atoms with Crippen molar-refractivity contribution in [3.05, 3.63) is 39.8 Å². The molecule has 1 aliphatic heterocycles. The summed E-state index contributed by atoms with van der Waals surface area (Å²) in [4.78, 5) is 35.5. The lowest BCUT2D eigenvalue weighted by Crippen LogP contribution is -2.45. The van der Waals surface area contributed by atoms with Gasteiger partial charge in [-0.1, -0.05) is 53.8 Å². The molecule has 0 unspecified atom stereocenters. The van der Waals surface area contributed by atoms with E-state index in [2.05, 4.69) is 0 Å². The van der Waals surface area contributed by atoms with Crippen molar-refractivity contribution in [2.45, 2.75) is 12.5 Å². The van der Waals surface area contributed by atoms with Crippen LogP contribution in [-0.4, -0.2) is 43.3 Å². The molecule has 2 rings (SSSR count). The van der Waals surface area contributed by atoms with E-state index in [1.165, 1.54) is 6.08 Å². The van der Waals surface area contributed by atoms with Crippen LogP contribution in [0.1, 0.15) is 12.0 Å². The molecule has 1 aromatic rings. The Morgan fingerprint density at radius 3 is 2.57 bits per heavy atom. The molecule has 9 heteroatoms. The van der Waals surface area contributed by atoms with Gasteiger partial charge in [0.05, 0.1) is 11.3 Å². The second-order valence-corrected chi connectivity index (χ2v) is 6.61. The van der Waals surface area contributed by atoms with Gasteiger partial charge in [-0.3, -0.25) is 14.5 Å². The van der Waals surface area contributed by atoms with Crippen LogP contribution >= 0.6 is 35.6 Å². The molecule has 6 nitrogen and oxygen atoms in total. The summed E-state index contributed by atoms with van der Waals surface area (Å²) in [5.41, 5.74) is 0.583. The average Bonchev–Trinajstić information content (AvgIpc) is 2.73. The molecule has 120 valence electrons. The van der Waals surface area contributed by atoms with E-state index in [-0.39, 0.29) is 9.23 Å². The van der Waals surface area contributed by atoms with E-state index in [0.717, 1.165) is 16.7 Å². The molecular weight excluding hydrogens is 362 g/mol. The van der Waals surface area contributed by atoms with Gasteiger partial charge in [-0.05, 0) is 17.7 Å². The Hall–Kier alpha value is -1.90. The molecule has 1 atom stereocenters. The van der Waals surface area contributed by atoms with Gasteiger partial charge in [0.25, 0.3) is 5.91 Å². The van der Waals surface area contributed by atoms with Crippen molar-refractivity contribution in [2.75, 3.05) is 0 Å². The fourth-order valence-corrected chi connectivity index (χ4v) is 3.47. The number of halogens is 1. The van der Waals surface area contributed by atoms with Crippen molar-refractivity contribution in [2.24, 2.45) is 0 Å². The topological polar surface area (TPSA) is 94.9 Å². The van der Waals surface area contributed by atoms with E-state index in [0.29, 0.717) is 10.6 Å². The van der Waals surface area contributed by atoms with Gasteiger partial charge < -0.3 is 10.2 Å². The maximum absolute atomic E-state index is 12.4. The van der Waals surface area contributed by atoms with Crippen LogP contribution in [0.15, 0.2) is 29.2 Å². The lowest BCUT2D eigenvalue weighted by Gasteiger charge is -2.21. The third kappa shape index (κ3) is 3.90. The fraction of sp³-hybridized carbons (Fsp3) is 0.143. The first-order valence-corrected chi connectivity index (χ1v) is 7.87. The maximum atomic E-state index is 12.4. The van der Waals surface area contributed by atoms with Crippen molar-refractivity contribution >= 4 is 63.8 Å². The van der Waals surface area contributed by atoms with Gasteiger partial charge in [-0.2, -0.15) is 0 Å². The highest BCUT2D eigenvalue weighted by atomic mass is 35.5. The van der Waals surface area contributed by atoms with Gasteiger partial charge in [0.1, 0.15) is 10.4 Å². The monoisotopic (exact) mass is 371 g/mol. The number of aliphatic carboxylic acids is 2. The summed E-state index contributed by atoms with van der Waals surface area (Å²) in [6.07, 6.45) is 0.766. The van der Waals surface area contributed by atoms with Crippen LogP contribution in [0.2, 0.25) is 5.02 Å². The Bertz CT molecular complexity index is 734. The SMILES string of the molecule is O=C(O)C[C@@H](C(=O)O)N1C(=O)/C(=C/c2ccccc2Cl)SC1=S. The van der Waals surface area contributed by atoms with E-state index in [1.54, 1.807) is 24.3 Å². The van der Waals surface area contributed by atoms with Gasteiger partial charge in [0.2, 0.25) is 0 Å². The summed E-state index contributed by atoms with van der Waals surface area (Å²) in [5, 5.41) is 18.4. The first-order chi connectivity index (χ1) is 10.8. The Balaban J connectivity index is 2.34. The van der Waals surface area contributed by atoms with Crippen LogP contribution in [0.25, 0.3) is 6.08 Å². The minimum absolute atomic E-state index is 0.00181. The Morgan fingerprint density at radius 1 is 1.35 bits per heavy atom. The number of carboxylic acids is 2. The predicted molar refractivity (Wildman–Crippen MR) is 90.1 cm³/mol. The molecule has 1 saturated heterocycles. The molecule has 1 aromatic carbocycles. The summed E-state index contributed by atoms with van der Waals surface area (Å²) in [5.74, 6) is -3.40. The van der Waals surface area contributed by atoms with Gasteiger partial charge in [0, 0.05) is 5.02 Å². The first kappa shape index (κ1) is 17.5. The fourth-order valence-electron chi connectivity index (χ4n) is 1.94. The number of benzene rings is 1. The quantitative estimate of drug-likeness (QED) is 0.606. The molecule has 1 heterocycles. The molecule has 0 spiro atoms. The Morgan fingerprint density at radius 2 is 2.00 bits per heavy atom. The lowest BCUT2D eigenvalue weighted by atomic mass is 10.1. The van der Waals surface area contributed by atoms with Crippen LogP contribution in [-0.2, 0) is 14.4 Å². The van der Waals surface area contributed by atoms with Gasteiger partial charge >= 0.3 is 11.9 Å². The third-order valence-corrected chi connectivity index (χ3v) is 4.65. The van der Waals surface area contributed by atoms with Gasteiger partial charge in [-0.25, -0.2) is 4.79 Å². The molecule has 2 N–H and O–H groups in total. The normalized spacial score (nSPS) is 17.6. The number of carboxylic acid groups (broad SMARTS) is 2. The zero-order valence-electron chi connectivity index (χ0n) is 11.4. The Kier molecular flexibility index (Phi) is 5.40. The number of hydrogen-bond donors (Lipinski definition) is 2. The number of carbonyl (C=O) groups excluding carboxylic acids is 1. The number of thiocarbonyl (C=S) groups is 1. The van der Waals surface area contributed by atoms with Crippen molar-refractivity contribution in [3.8, 4) is 0 Å². The number of amides is 1. The maximum Gasteiger partial charge on any atom is 0.327 e. The van der Waals surface area contributed by atoms with Gasteiger partial charge in [0.15, 0.2) is 0 Å². The second kappa shape index (κ2) is 7.12. The molecule has 1 aliphatic rings. The van der Waals surface area contributed by atoms with E-state index in [4.69, 9.17) is 28.9 Å². The predicted octanol–water partition coefficient (Wildman–Crippen LogP) is 2.47. The van der Waals surface area contributed by atoms with Crippen LogP contribution in [0, 0.1) is 0 Å². The summed E-state index contributed by atoms with van der Waals surface area (Å²) in [6.45, 7) is 0. The largest absolute Gasteiger partial charge is 0.481 e. The molecule has 23 heavy (non-hydrogen) atoms.